The van der Waals surface area contributed by atoms with E-state index in [0.717, 1.165) is 29.5 Å². The second-order valence-electron chi connectivity index (χ2n) is 9.16. The van der Waals surface area contributed by atoms with Gasteiger partial charge in [0.05, 0.1) is 11.9 Å². The molecule has 0 fully saturated rings. The third-order valence-corrected chi connectivity index (χ3v) is 7.63. The van der Waals surface area contributed by atoms with Crippen molar-refractivity contribution in [2.24, 2.45) is 0 Å². The van der Waals surface area contributed by atoms with Crippen LogP contribution in [0, 0.1) is 13.8 Å². The van der Waals surface area contributed by atoms with Crippen LogP contribution in [0.3, 0.4) is 0 Å². The number of sulfonamides is 1. The maximum atomic E-state index is 13.4. The molecule has 1 N–H and O–H groups in total. The Morgan fingerprint density at radius 3 is 2.42 bits per heavy atom. The molecule has 36 heavy (non-hydrogen) atoms. The van der Waals surface area contributed by atoms with Gasteiger partial charge in [0, 0.05) is 31.1 Å². The number of carbonyl (C=O) groups excluding carboxylic acids is 2. The van der Waals surface area contributed by atoms with Gasteiger partial charge in [-0.1, -0.05) is 55.3 Å². The molecule has 198 valence electrons. The molecular formula is C27H38ClN3O4S. The molecule has 0 radical (unpaired) electrons. The highest BCUT2D eigenvalue weighted by atomic mass is 35.5. The number of carbonyl (C=O) groups is 2. The number of benzene rings is 2. The summed E-state index contributed by atoms with van der Waals surface area (Å²) in [6, 6.07) is 12.2. The molecule has 0 aliphatic carbocycles. The Balaban J connectivity index is 2.19. The molecule has 2 rings (SSSR count). The van der Waals surface area contributed by atoms with Crippen molar-refractivity contribution in [2.45, 2.75) is 66.0 Å². The Morgan fingerprint density at radius 1 is 1.08 bits per heavy atom. The Labute approximate surface area is 220 Å². The number of nitrogens with zero attached hydrogens (tertiary/aromatic N) is 2. The van der Waals surface area contributed by atoms with Gasteiger partial charge in [0.25, 0.3) is 0 Å². The summed E-state index contributed by atoms with van der Waals surface area (Å²) >= 11 is 6.34. The van der Waals surface area contributed by atoms with Gasteiger partial charge in [-0.05, 0) is 62.4 Å². The Morgan fingerprint density at radius 2 is 1.78 bits per heavy atom. The van der Waals surface area contributed by atoms with E-state index in [1.54, 1.807) is 13.0 Å². The third kappa shape index (κ3) is 8.52. The number of rotatable bonds is 13. The van der Waals surface area contributed by atoms with Crippen LogP contribution in [0.4, 0.5) is 5.69 Å². The molecule has 2 aromatic carbocycles. The van der Waals surface area contributed by atoms with Gasteiger partial charge in [0.15, 0.2) is 0 Å². The second-order valence-corrected chi connectivity index (χ2v) is 11.5. The van der Waals surface area contributed by atoms with Gasteiger partial charge >= 0.3 is 0 Å². The van der Waals surface area contributed by atoms with E-state index in [4.69, 9.17) is 11.6 Å². The number of hydrogen-bond acceptors (Lipinski definition) is 4. The maximum absolute atomic E-state index is 13.4. The fourth-order valence-corrected chi connectivity index (χ4v) is 5.11. The lowest BCUT2D eigenvalue weighted by Gasteiger charge is -2.30. The number of amides is 2. The first-order valence-electron chi connectivity index (χ1n) is 12.3. The maximum Gasteiger partial charge on any atom is 0.242 e. The van der Waals surface area contributed by atoms with Crippen LogP contribution in [-0.2, 0) is 26.2 Å². The number of hydrogen-bond donors (Lipinski definition) is 1. The zero-order valence-corrected chi connectivity index (χ0v) is 23.5. The molecule has 0 spiro atoms. The highest BCUT2D eigenvalue weighted by Crippen LogP contribution is 2.25. The molecule has 9 heteroatoms. The summed E-state index contributed by atoms with van der Waals surface area (Å²) in [6.07, 6.45) is 3.38. The molecule has 2 amide bonds. The average Bonchev–Trinajstić information content (AvgIpc) is 2.81. The van der Waals surface area contributed by atoms with Crippen molar-refractivity contribution in [1.29, 1.82) is 0 Å². The van der Waals surface area contributed by atoms with Crippen molar-refractivity contribution >= 4 is 39.1 Å². The highest BCUT2D eigenvalue weighted by molar-refractivity contribution is 7.92. The summed E-state index contributed by atoms with van der Waals surface area (Å²) in [7, 11) is -3.55. The lowest BCUT2D eigenvalue weighted by molar-refractivity contribution is -0.140. The van der Waals surface area contributed by atoms with E-state index >= 15 is 0 Å². The van der Waals surface area contributed by atoms with Gasteiger partial charge in [-0.3, -0.25) is 13.9 Å². The second kappa shape index (κ2) is 13.7. The van der Waals surface area contributed by atoms with E-state index in [9.17, 15) is 18.0 Å². The van der Waals surface area contributed by atoms with Crippen LogP contribution in [0.5, 0.6) is 0 Å². The van der Waals surface area contributed by atoms with Crippen molar-refractivity contribution in [3.63, 3.8) is 0 Å². The predicted octanol–water partition coefficient (Wildman–Crippen LogP) is 4.84. The SMILES string of the molecule is CCCCNC(=O)[C@@H](C)N(Cc1ccccc1Cl)C(=O)CCCN(c1cc(C)ccc1C)S(C)(=O)=O. The number of anilines is 1. The molecule has 0 aliphatic heterocycles. The Bertz CT molecular complexity index is 1150. The first kappa shape index (κ1) is 29.6. The Hall–Kier alpha value is -2.58. The Kier molecular flexibility index (Phi) is 11.2. The van der Waals surface area contributed by atoms with Crippen LogP contribution in [0.25, 0.3) is 0 Å². The smallest absolute Gasteiger partial charge is 0.242 e. The number of aryl methyl sites for hydroxylation is 2. The molecule has 0 bridgehead atoms. The molecule has 0 aliphatic rings. The fraction of sp³-hybridized carbons (Fsp3) is 0.481. The minimum atomic E-state index is -3.55. The van der Waals surface area contributed by atoms with Crippen LogP contribution < -0.4 is 9.62 Å². The molecular weight excluding hydrogens is 498 g/mol. The molecule has 0 aromatic heterocycles. The van der Waals surface area contributed by atoms with E-state index in [-0.39, 0.29) is 31.3 Å². The lowest BCUT2D eigenvalue weighted by atomic mass is 10.1. The average molecular weight is 536 g/mol. The summed E-state index contributed by atoms with van der Waals surface area (Å²) in [6.45, 7) is 8.41. The van der Waals surface area contributed by atoms with Gasteiger partial charge in [-0.25, -0.2) is 8.42 Å². The van der Waals surface area contributed by atoms with Gasteiger partial charge in [0.2, 0.25) is 21.8 Å². The standard InChI is InChI=1S/C27H38ClN3O4S/c1-6-7-16-29-27(33)22(4)30(19-23-11-8-9-12-24(23)28)26(32)13-10-17-31(36(5,34)35)25-18-20(2)14-15-21(25)3/h8-9,11-12,14-15,18,22H,6-7,10,13,16-17,19H2,1-5H3,(H,29,33)/t22-/m1/s1. The summed E-state index contributed by atoms with van der Waals surface area (Å²) in [5, 5.41) is 3.41. The number of unbranched alkanes of at least 4 members (excludes halogenated alkanes) is 1. The number of halogens is 1. The lowest BCUT2D eigenvalue weighted by Crippen LogP contribution is -2.48. The van der Waals surface area contributed by atoms with Crippen LogP contribution in [0.1, 0.15) is 56.2 Å². The van der Waals surface area contributed by atoms with Crippen molar-refractivity contribution in [3.8, 4) is 0 Å². The van der Waals surface area contributed by atoms with Gasteiger partial charge in [-0.2, -0.15) is 0 Å². The van der Waals surface area contributed by atoms with E-state index in [1.807, 2.05) is 57.2 Å². The zero-order valence-electron chi connectivity index (χ0n) is 21.9. The zero-order chi connectivity index (χ0) is 26.9. The summed E-state index contributed by atoms with van der Waals surface area (Å²) in [5.41, 5.74) is 3.15. The van der Waals surface area contributed by atoms with Crippen LogP contribution >= 0.6 is 11.6 Å². The normalized spacial score (nSPS) is 12.2. The monoisotopic (exact) mass is 535 g/mol. The van der Waals surface area contributed by atoms with E-state index in [2.05, 4.69) is 5.32 Å². The molecule has 0 heterocycles. The summed E-state index contributed by atoms with van der Waals surface area (Å²) < 4.78 is 26.5. The molecule has 0 saturated heterocycles. The van der Waals surface area contributed by atoms with Crippen molar-refractivity contribution in [3.05, 3.63) is 64.2 Å². The summed E-state index contributed by atoms with van der Waals surface area (Å²) in [5.74, 6) is -0.459. The molecule has 2 aromatic rings. The first-order chi connectivity index (χ1) is 17.0. The fourth-order valence-electron chi connectivity index (χ4n) is 3.90. The largest absolute Gasteiger partial charge is 0.354 e. The number of nitrogens with one attached hydrogen (secondary N) is 1. The van der Waals surface area contributed by atoms with Crippen LogP contribution in [-0.4, -0.2) is 50.5 Å². The van der Waals surface area contributed by atoms with Gasteiger partial charge in [-0.15, -0.1) is 0 Å². The predicted molar refractivity (Wildman–Crippen MR) is 147 cm³/mol. The molecule has 7 nitrogen and oxygen atoms in total. The van der Waals surface area contributed by atoms with Crippen molar-refractivity contribution < 1.29 is 18.0 Å². The van der Waals surface area contributed by atoms with Gasteiger partial charge in [0.1, 0.15) is 6.04 Å². The van der Waals surface area contributed by atoms with Crippen LogP contribution in [0.2, 0.25) is 5.02 Å². The van der Waals surface area contributed by atoms with E-state index < -0.39 is 16.1 Å². The topological polar surface area (TPSA) is 86.8 Å². The van der Waals surface area contributed by atoms with E-state index in [0.29, 0.717) is 23.7 Å². The van der Waals surface area contributed by atoms with Crippen molar-refractivity contribution in [1.82, 2.24) is 10.2 Å². The minimum Gasteiger partial charge on any atom is -0.354 e. The van der Waals surface area contributed by atoms with Crippen molar-refractivity contribution in [2.75, 3.05) is 23.7 Å². The van der Waals surface area contributed by atoms with Gasteiger partial charge < -0.3 is 10.2 Å². The quantitative estimate of drug-likeness (QED) is 0.372. The molecule has 0 unspecified atom stereocenters. The van der Waals surface area contributed by atoms with E-state index in [1.165, 1.54) is 15.5 Å². The molecule has 0 saturated carbocycles. The third-order valence-electron chi connectivity index (χ3n) is 6.08. The molecule has 1 atom stereocenters. The minimum absolute atomic E-state index is 0.0912. The summed E-state index contributed by atoms with van der Waals surface area (Å²) in [4.78, 5) is 27.7. The first-order valence-corrected chi connectivity index (χ1v) is 14.5. The highest BCUT2D eigenvalue weighted by Gasteiger charge is 2.27. The van der Waals surface area contributed by atoms with Crippen LogP contribution in [0.15, 0.2) is 42.5 Å².